The molecule has 1 aromatic carbocycles. The molecule has 1 aromatic rings. The van der Waals surface area contributed by atoms with E-state index in [1.165, 1.54) is 19.2 Å². The third-order valence-electron chi connectivity index (χ3n) is 3.39. The number of hydrogen-bond acceptors (Lipinski definition) is 2. The molecule has 0 amide bonds. The summed E-state index contributed by atoms with van der Waals surface area (Å²) >= 11 is 3.25. The van der Waals surface area contributed by atoms with Crippen LogP contribution >= 0.6 is 15.9 Å². The molecule has 0 N–H and O–H groups in total. The Morgan fingerprint density at radius 1 is 1.47 bits per heavy atom. The van der Waals surface area contributed by atoms with Crippen LogP contribution < -0.4 is 0 Å². The molecule has 0 atom stereocenters. The van der Waals surface area contributed by atoms with Crippen molar-refractivity contribution in [3.63, 3.8) is 0 Å². The Balaban J connectivity index is 2.43. The largest absolute Gasteiger partial charge is 0.468 e. The highest BCUT2D eigenvalue weighted by Crippen LogP contribution is 2.49. The van der Waals surface area contributed by atoms with E-state index in [2.05, 4.69) is 22.9 Å². The molecule has 0 heterocycles. The Morgan fingerprint density at radius 2 is 2.12 bits per heavy atom. The minimum absolute atomic E-state index is 0.270. The third-order valence-corrected chi connectivity index (χ3v) is 3.84. The van der Waals surface area contributed by atoms with E-state index in [1.54, 1.807) is 6.07 Å². The second-order valence-electron chi connectivity index (χ2n) is 4.75. The van der Waals surface area contributed by atoms with Gasteiger partial charge in [-0.05, 0) is 42.5 Å². The molecule has 1 aliphatic rings. The number of esters is 1. The molecule has 0 radical (unpaired) electrons. The predicted molar refractivity (Wildman–Crippen MR) is 66.2 cm³/mol. The standard InChI is InChI=1S/C13H14BrFO2/c1-8-6-13(7-8,12(16)17-2)9-3-10(14)5-11(15)4-9/h3-5,8H,6-7H2,1-2H3. The fraction of sp³-hybridized carbons (Fsp3) is 0.462. The number of carbonyl (C=O) groups is 1. The number of benzene rings is 1. The molecule has 0 aliphatic heterocycles. The molecule has 17 heavy (non-hydrogen) atoms. The van der Waals surface area contributed by atoms with Crippen LogP contribution in [0.1, 0.15) is 25.3 Å². The first-order valence-corrected chi connectivity index (χ1v) is 6.32. The van der Waals surface area contributed by atoms with Crippen molar-refractivity contribution in [1.82, 2.24) is 0 Å². The summed E-state index contributed by atoms with van der Waals surface area (Å²) in [7, 11) is 1.38. The van der Waals surface area contributed by atoms with Crippen molar-refractivity contribution in [2.75, 3.05) is 7.11 Å². The lowest BCUT2D eigenvalue weighted by molar-refractivity contribution is -0.153. The highest BCUT2D eigenvalue weighted by atomic mass is 79.9. The van der Waals surface area contributed by atoms with Gasteiger partial charge in [0.2, 0.25) is 0 Å². The summed E-state index contributed by atoms with van der Waals surface area (Å²) in [4.78, 5) is 11.9. The topological polar surface area (TPSA) is 26.3 Å². The summed E-state index contributed by atoms with van der Waals surface area (Å²) in [5, 5.41) is 0. The van der Waals surface area contributed by atoms with E-state index in [0.29, 0.717) is 16.0 Å². The summed E-state index contributed by atoms with van der Waals surface area (Å²) in [6, 6.07) is 4.61. The number of halogens is 2. The second kappa shape index (κ2) is 4.41. The number of ether oxygens (including phenoxy) is 1. The Kier molecular flexibility index (Phi) is 3.25. The van der Waals surface area contributed by atoms with Gasteiger partial charge in [-0.1, -0.05) is 22.9 Å². The molecule has 4 heteroatoms. The SMILES string of the molecule is COC(=O)C1(c2cc(F)cc(Br)c2)CC(C)C1. The molecular formula is C13H14BrFO2. The van der Waals surface area contributed by atoms with Gasteiger partial charge in [0.25, 0.3) is 0 Å². The average Bonchev–Trinajstić information content (AvgIpc) is 2.22. The van der Waals surface area contributed by atoms with Gasteiger partial charge in [0.1, 0.15) is 5.82 Å². The fourth-order valence-corrected chi connectivity index (χ4v) is 3.14. The van der Waals surface area contributed by atoms with E-state index in [1.807, 2.05) is 0 Å². The van der Waals surface area contributed by atoms with Gasteiger partial charge in [0.15, 0.2) is 0 Å². The fourth-order valence-electron chi connectivity index (χ4n) is 2.68. The minimum atomic E-state index is -0.654. The molecule has 92 valence electrons. The first-order chi connectivity index (χ1) is 7.98. The Morgan fingerprint density at radius 3 is 2.59 bits per heavy atom. The van der Waals surface area contributed by atoms with Crippen LogP contribution in [0.25, 0.3) is 0 Å². The van der Waals surface area contributed by atoms with Gasteiger partial charge < -0.3 is 4.74 Å². The zero-order valence-corrected chi connectivity index (χ0v) is 11.4. The van der Waals surface area contributed by atoms with Crippen molar-refractivity contribution in [3.8, 4) is 0 Å². The molecule has 0 saturated heterocycles. The van der Waals surface area contributed by atoms with Gasteiger partial charge in [-0.3, -0.25) is 4.79 Å². The van der Waals surface area contributed by atoms with Crippen LogP contribution in [-0.4, -0.2) is 13.1 Å². The first kappa shape index (κ1) is 12.6. The van der Waals surface area contributed by atoms with E-state index < -0.39 is 5.41 Å². The Labute approximate surface area is 108 Å². The van der Waals surface area contributed by atoms with Crippen LogP contribution in [0, 0.1) is 11.7 Å². The Hall–Kier alpha value is -0.900. The second-order valence-corrected chi connectivity index (χ2v) is 5.66. The number of carbonyl (C=O) groups excluding carboxylic acids is 1. The maximum absolute atomic E-state index is 13.4. The van der Waals surface area contributed by atoms with Gasteiger partial charge in [-0.2, -0.15) is 0 Å². The number of methoxy groups -OCH3 is 1. The van der Waals surface area contributed by atoms with Crippen molar-refractivity contribution in [2.24, 2.45) is 5.92 Å². The van der Waals surface area contributed by atoms with Gasteiger partial charge in [0.05, 0.1) is 12.5 Å². The van der Waals surface area contributed by atoms with E-state index >= 15 is 0 Å². The van der Waals surface area contributed by atoms with Crippen molar-refractivity contribution in [1.29, 1.82) is 0 Å². The van der Waals surface area contributed by atoms with Crippen LogP contribution in [0.3, 0.4) is 0 Å². The monoisotopic (exact) mass is 300 g/mol. The van der Waals surface area contributed by atoms with Crippen LogP contribution in [0.15, 0.2) is 22.7 Å². The molecule has 2 nitrogen and oxygen atoms in total. The summed E-state index contributed by atoms with van der Waals surface area (Å²) in [5.74, 6) is -0.138. The average molecular weight is 301 g/mol. The number of hydrogen-bond donors (Lipinski definition) is 0. The molecule has 2 rings (SSSR count). The van der Waals surface area contributed by atoms with Crippen LogP contribution in [0.4, 0.5) is 4.39 Å². The molecule has 0 unspecified atom stereocenters. The zero-order valence-electron chi connectivity index (χ0n) is 9.80. The minimum Gasteiger partial charge on any atom is -0.468 e. The lowest BCUT2D eigenvalue weighted by Gasteiger charge is -2.44. The van der Waals surface area contributed by atoms with Gasteiger partial charge >= 0.3 is 5.97 Å². The molecule has 1 saturated carbocycles. The zero-order chi connectivity index (χ0) is 12.6. The highest BCUT2D eigenvalue weighted by molar-refractivity contribution is 9.10. The van der Waals surface area contributed by atoms with E-state index in [9.17, 15) is 9.18 Å². The smallest absolute Gasteiger partial charge is 0.316 e. The molecule has 1 fully saturated rings. The van der Waals surface area contributed by atoms with Crippen molar-refractivity contribution >= 4 is 21.9 Å². The summed E-state index contributed by atoms with van der Waals surface area (Å²) in [6.07, 6.45) is 1.44. The molecule has 0 aromatic heterocycles. The molecule has 1 aliphatic carbocycles. The van der Waals surface area contributed by atoms with Crippen LogP contribution in [0.2, 0.25) is 0 Å². The molecular weight excluding hydrogens is 287 g/mol. The van der Waals surface area contributed by atoms with Crippen LogP contribution in [-0.2, 0) is 14.9 Å². The quantitative estimate of drug-likeness (QED) is 0.782. The van der Waals surface area contributed by atoms with Crippen LogP contribution in [0.5, 0.6) is 0 Å². The maximum Gasteiger partial charge on any atom is 0.316 e. The Bertz CT molecular complexity index is 432. The normalized spacial score (nSPS) is 27.4. The highest BCUT2D eigenvalue weighted by Gasteiger charge is 2.50. The number of rotatable bonds is 2. The first-order valence-electron chi connectivity index (χ1n) is 5.53. The summed E-state index contributed by atoms with van der Waals surface area (Å²) in [6.45, 7) is 2.08. The molecule has 0 spiro atoms. The third kappa shape index (κ3) is 2.10. The predicted octanol–water partition coefficient (Wildman–Crippen LogP) is 3.43. The van der Waals surface area contributed by atoms with Crippen molar-refractivity contribution in [3.05, 3.63) is 34.1 Å². The van der Waals surface area contributed by atoms with Gasteiger partial charge in [-0.25, -0.2) is 4.39 Å². The molecule has 0 bridgehead atoms. The lowest BCUT2D eigenvalue weighted by Crippen LogP contribution is -2.47. The van der Waals surface area contributed by atoms with E-state index in [0.717, 1.165) is 12.8 Å². The lowest BCUT2D eigenvalue weighted by atomic mass is 9.59. The van der Waals surface area contributed by atoms with E-state index in [4.69, 9.17) is 4.74 Å². The summed E-state index contributed by atoms with van der Waals surface area (Å²) < 4.78 is 18.9. The van der Waals surface area contributed by atoms with Gasteiger partial charge in [0, 0.05) is 4.47 Å². The summed E-state index contributed by atoms with van der Waals surface area (Å²) in [5.41, 5.74) is 0.0491. The maximum atomic E-state index is 13.4. The van der Waals surface area contributed by atoms with Crippen molar-refractivity contribution < 1.29 is 13.9 Å². The van der Waals surface area contributed by atoms with Crippen molar-refractivity contribution in [2.45, 2.75) is 25.2 Å². The van der Waals surface area contributed by atoms with E-state index in [-0.39, 0.29) is 11.8 Å². The van der Waals surface area contributed by atoms with Gasteiger partial charge in [-0.15, -0.1) is 0 Å².